The van der Waals surface area contributed by atoms with Crippen LogP contribution in [0.15, 0.2) is 18.2 Å². The lowest BCUT2D eigenvalue weighted by Gasteiger charge is -2.07. The number of hydrogen-bond acceptors (Lipinski definition) is 4. The molecular formula is C13H17N3O2. The Morgan fingerprint density at radius 1 is 1.11 bits per heavy atom. The Bertz CT molecular complexity index is 554. The van der Waals surface area contributed by atoms with Gasteiger partial charge in [-0.3, -0.25) is 0 Å². The maximum Gasteiger partial charge on any atom is 0.200 e. The van der Waals surface area contributed by atoms with Crippen LogP contribution in [0.2, 0.25) is 0 Å². The van der Waals surface area contributed by atoms with E-state index in [0.717, 1.165) is 28.5 Å². The van der Waals surface area contributed by atoms with Gasteiger partial charge in [-0.1, -0.05) is 0 Å². The molecule has 0 aliphatic carbocycles. The van der Waals surface area contributed by atoms with Gasteiger partial charge in [0.15, 0.2) is 0 Å². The molecular weight excluding hydrogens is 230 g/mol. The van der Waals surface area contributed by atoms with E-state index in [1.165, 1.54) is 0 Å². The van der Waals surface area contributed by atoms with Gasteiger partial charge in [0, 0.05) is 24.4 Å². The molecule has 0 saturated heterocycles. The third-order valence-electron chi connectivity index (χ3n) is 3.04. The molecule has 1 heterocycles. The predicted octanol–water partition coefficient (Wildman–Crippen LogP) is 1.99. The van der Waals surface area contributed by atoms with E-state index in [1.54, 1.807) is 14.2 Å². The van der Waals surface area contributed by atoms with Gasteiger partial charge in [-0.25, -0.2) is 4.98 Å². The Kier molecular flexibility index (Phi) is 3.14. The van der Waals surface area contributed by atoms with Crippen LogP contribution in [0.25, 0.3) is 11.3 Å². The maximum atomic E-state index is 5.81. The second-order valence-electron chi connectivity index (χ2n) is 4.06. The van der Waals surface area contributed by atoms with E-state index in [9.17, 15) is 0 Å². The molecule has 1 aromatic heterocycles. The standard InChI is InChI=1S/C13H17N3O2/c1-8-12(15-13(14)16(8)2)9-5-10(17-3)7-11(6-9)18-4/h5-7H,1-4H3,(H2,14,15). The molecule has 0 fully saturated rings. The molecule has 0 aliphatic heterocycles. The molecule has 0 aliphatic rings. The molecule has 2 N–H and O–H groups in total. The van der Waals surface area contributed by atoms with Crippen LogP contribution in [0.1, 0.15) is 5.69 Å². The fourth-order valence-corrected chi connectivity index (χ4v) is 1.82. The van der Waals surface area contributed by atoms with Crippen molar-refractivity contribution in [3.8, 4) is 22.8 Å². The molecule has 0 unspecified atom stereocenters. The number of rotatable bonds is 3. The van der Waals surface area contributed by atoms with Crippen LogP contribution >= 0.6 is 0 Å². The highest BCUT2D eigenvalue weighted by atomic mass is 16.5. The minimum Gasteiger partial charge on any atom is -0.497 e. The van der Waals surface area contributed by atoms with E-state index in [1.807, 2.05) is 36.7 Å². The van der Waals surface area contributed by atoms with Crippen LogP contribution in [0.3, 0.4) is 0 Å². The van der Waals surface area contributed by atoms with Crippen molar-refractivity contribution < 1.29 is 9.47 Å². The summed E-state index contributed by atoms with van der Waals surface area (Å²) in [6.07, 6.45) is 0. The molecule has 1 aromatic carbocycles. The van der Waals surface area contributed by atoms with Gasteiger partial charge < -0.3 is 19.8 Å². The van der Waals surface area contributed by atoms with Gasteiger partial charge in [0.2, 0.25) is 5.95 Å². The molecule has 96 valence electrons. The average molecular weight is 247 g/mol. The Labute approximate surface area is 106 Å². The topological polar surface area (TPSA) is 62.3 Å². The lowest BCUT2D eigenvalue weighted by Crippen LogP contribution is -1.97. The quantitative estimate of drug-likeness (QED) is 0.901. The molecule has 2 rings (SSSR count). The van der Waals surface area contributed by atoms with Crippen molar-refractivity contribution in [3.05, 3.63) is 23.9 Å². The first-order valence-corrected chi connectivity index (χ1v) is 5.59. The molecule has 0 atom stereocenters. The number of benzene rings is 1. The summed E-state index contributed by atoms with van der Waals surface area (Å²) in [5.74, 6) is 1.95. The van der Waals surface area contributed by atoms with E-state index < -0.39 is 0 Å². The van der Waals surface area contributed by atoms with Crippen LogP contribution in [0, 0.1) is 6.92 Å². The van der Waals surface area contributed by atoms with Crippen LogP contribution in [0.4, 0.5) is 5.95 Å². The van der Waals surface area contributed by atoms with Crippen LogP contribution in [0.5, 0.6) is 11.5 Å². The van der Waals surface area contributed by atoms with Crippen LogP contribution in [-0.4, -0.2) is 23.8 Å². The normalized spacial score (nSPS) is 10.4. The predicted molar refractivity (Wildman–Crippen MR) is 70.9 cm³/mol. The lowest BCUT2D eigenvalue weighted by molar-refractivity contribution is 0.394. The largest absolute Gasteiger partial charge is 0.497 e. The number of methoxy groups -OCH3 is 2. The fourth-order valence-electron chi connectivity index (χ4n) is 1.82. The van der Waals surface area contributed by atoms with Crippen molar-refractivity contribution in [1.29, 1.82) is 0 Å². The SMILES string of the molecule is COc1cc(OC)cc(-c2nc(N)n(C)c2C)c1. The fraction of sp³-hybridized carbons (Fsp3) is 0.308. The van der Waals surface area contributed by atoms with Crippen LogP contribution in [-0.2, 0) is 7.05 Å². The van der Waals surface area contributed by atoms with Gasteiger partial charge in [0.1, 0.15) is 11.5 Å². The number of nitrogen functional groups attached to an aromatic ring is 1. The van der Waals surface area contributed by atoms with Crippen molar-refractivity contribution in [3.63, 3.8) is 0 Å². The zero-order valence-electron chi connectivity index (χ0n) is 11.0. The zero-order valence-corrected chi connectivity index (χ0v) is 11.0. The molecule has 5 heteroatoms. The molecule has 2 aromatic rings. The van der Waals surface area contributed by atoms with Gasteiger partial charge in [0.25, 0.3) is 0 Å². The van der Waals surface area contributed by atoms with E-state index in [0.29, 0.717) is 5.95 Å². The zero-order chi connectivity index (χ0) is 13.3. The van der Waals surface area contributed by atoms with E-state index in [4.69, 9.17) is 15.2 Å². The summed E-state index contributed by atoms with van der Waals surface area (Å²) >= 11 is 0. The highest BCUT2D eigenvalue weighted by Crippen LogP contribution is 2.31. The Morgan fingerprint density at radius 2 is 1.67 bits per heavy atom. The van der Waals surface area contributed by atoms with Crippen LogP contribution < -0.4 is 15.2 Å². The second-order valence-corrected chi connectivity index (χ2v) is 4.06. The smallest absolute Gasteiger partial charge is 0.200 e. The van der Waals surface area contributed by atoms with E-state index in [-0.39, 0.29) is 0 Å². The number of anilines is 1. The van der Waals surface area contributed by atoms with Gasteiger partial charge in [-0.15, -0.1) is 0 Å². The Hall–Kier alpha value is -2.17. The minimum absolute atomic E-state index is 0.490. The number of hydrogen-bond donors (Lipinski definition) is 1. The third kappa shape index (κ3) is 1.99. The summed E-state index contributed by atoms with van der Waals surface area (Å²) < 4.78 is 12.3. The summed E-state index contributed by atoms with van der Waals surface area (Å²) in [5.41, 5.74) is 8.58. The first-order valence-electron chi connectivity index (χ1n) is 5.59. The van der Waals surface area contributed by atoms with Crippen molar-refractivity contribution >= 4 is 5.95 Å². The number of ether oxygens (including phenoxy) is 2. The molecule has 18 heavy (non-hydrogen) atoms. The first-order chi connectivity index (χ1) is 8.56. The van der Waals surface area contributed by atoms with E-state index >= 15 is 0 Å². The van der Waals surface area contributed by atoms with E-state index in [2.05, 4.69) is 4.98 Å². The van der Waals surface area contributed by atoms with Crippen molar-refractivity contribution in [2.24, 2.45) is 7.05 Å². The summed E-state index contributed by atoms with van der Waals surface area (Å²) in [7, 11) is 5.13. The van der Waals surface area contributed by atoms with Crippen molar-refractivity contribution in [2.45, 2.75) is 6.92 Å². The van der Waals surface area contributed by atoms with Crippen molar-refractivity contribution in [1.82, 2.24) is 9.55 Å². The molecule has 0 spiro atoms. The highest BCUT2D eigenvalue weighted by molar-refractivity contribution is 5.67. The first kappa shape index (κ1) is 12.3. The van der Waals surface area contributed by atoms with Gasteiger partial charge in [-0.2, -0.15) is 0 Å². The number of imidazole rings is 1. The molecule has 5 nitrogen and oxygen atoms in total. The lowest BCUT2D eigenvalue weighted by atomic mass is 10.1. The summed E-state index contributed by atoms with van der Waals surface area (Å²) in [5, 5.41) is 0. The molecule has 0 saturated carbocycles. The minimum atomic E-state index is 0.490. The second kappa shape index (κ2) is 4.60. The van der Waals surface area contributed by atoms with Gasteiger partial charge in [-0.05, 0) is 19.1 Å². The molecule has 0 radical (unpaired) electrons. The number of nitrogens with zero attached hydrogens (tertiary/aromatic N) is 2. The molecule has 0 amide bonds. The summed E-state index contributed by atoms with van der Waals surface area (Å²) in [6.45, 7) is 1.98. The summed E-state index contributed by atoms with van der Waals surface area (Å²) in [6, 6.07) is 5.65. The van der Waals surface area contributed by atoms with Gasteiger partial charge in [0.05, 0.1) is 19.9 Å². The molecule has 0 bridgehead atoms. The average Bonchev–Trinajstić information content (AvgIpc) is 2.65. The monoisotopic (exact) mass is 247 g/mol. The number of aromatic nitrogens is 2. The Morgan fingerprint density at radius 3 is 2.06 bits per heavy atom. The van der Waals surface area contributed by atoms with Gasteiger partial charge >= 0.3 is 0 Å². The highest BCUT2D eigenvalue weighted by Gasteiger charge is 2.13. The third-order valence-corrected chi connectivity index (χ3v) is 3.04. The number of nitrogens with two attached hydrogens (primary N) is 1. The van der Waals surface area contributed by atoms with Crippen molar-refractivity contribution in [2.75, 3.05) is 20.0 Å². The maximum absolute atomic E-state index is 5.81. The Balaban J connectivity index is 2.59. The summed E-state index contributed by atoms with van der Waals surface area (Å²) in [4.78, 5) is 4.36.